The van der Waals surface area contributed by atoms with Gasteiger partial charge in [-0.1, -0.05) is 6.07 Å². The zero-order valence-corrected chi connectivity index (χ0v) is 12.8. The van der Waals surface area contributed by atoms with Crippen molar-refractivity contribution in [2.45, 2.75) is 18.6 Å². The molecule has 0 radical (unpaired) electrons. The monoisotopic (exact) mass is 346 g/mol. The Labute approximate surface area is 141 Å². The maximum atomic E-state index is 13.5. The van der Waals surface area contributed by atoms with Crippen molar-refractivity contribution in [2.75, 3.05) is 11.9 Å². The normalized spacial score (nSPS) is 19.4. The molecule has 0 amide bonds. The second kappa shape index (κ2) is 6.78. The Morgan fingerprint density at radius 3 is 2.84 bits per heavy atom. The van der Waals surface area contributed by atoms with Crippen LogP contribution in [0.2, 0.25) is 0 Å². The van der Waals surface area contributed by atoms with E-state index in [0.717, 1.165) is 12.1 Å². The maximum absolute atomic E-state index is 13.5. The third kappa shape index (κ3) is 3.25. The molecule has 9 heteroatoms. The Hall–Kier alpha value is -3.12. The molecule has 1 N–H and O–H groups in total. The van der Waals surface area contributed by atoms with Crippen molar-refractivity contribution < 1.29 is 18.4 Å². The molecule has 7 nitrogen and oxygen atoms in total. The fraction of sp³-hybridized carbons (Fsp3) is 0.250. The van der Waals surface area contributed by atoms with Gasteiger partial charge in [0.25, 0.3) is 0 Å². The SMILES string of the molecule is N#Cc1ccnc(NC2CCOC2c2ccc(F)c(F)c2)c1[N+](=O)[O-]. The molecule has 2 unspecified atom stereocenters. The van der Waals surface area contributed by atoms with Crippen LogP contribution in [-0.2, 0) is 4.74 Å². The lowest BCUT2D eigenvalue weighted by Gasteiger charge is -2.20. The van der Waals surface area contributed by atoms with Crippen LogP contribution in [0.3, 0.4) is 0 Å². The van der Waals surface area contributed by atoms with Crippen molar-refractivity contribution >= 4 is 11.5 Å². The summed E-state index contributed by atoms with van der Waals surface area (Å²) in [4.78, 5) is 14.5. The predicted molar refractivity (Wildman–Crippen MR) is 82.7 cm³/mol. The minimum absolute atomic E-state index is 0.0628. The average Bonchev–Trinajstić information content (AvgIpc) is 3.05. The van der Waals surface area contributed by atoms with Gasteiger partial charge in [0.2, 0.25) is 5.82 Å². The van der Waals surface area contributed by atoms with Crippen LogP contribution in [0.1, 0.15) is 23.7 Å². The minimum Gasteiger partial charge on any atom is -0.371 e. The van der Waals surface area contributed by atoms with E-state index in [2.05, 4.69) is 10.3 Å². The van der Waals surface area contributed by atoms with E-state index in [1.165, 1.54) is 18.3 Å². The summed E-state index contributed by atoms with van der Waals surface area (Å²) < 4.78 is 32.1. The third-order valence-electron chi connectivity index (χ3n) is 3.91. The fourth-order valence-corrected chi connectivity index (χ4v) is 2.77. The Morgan fingerprint density at radius 2 is 2.16 bits per heavy atom. The number of nitrogens with one attached hydrogen (secondary N) is 1. The molecule has 1 saturated heterocycles. The highest BCUT2D eigenvalue weighted by molar-refractivity contribution is 5.64. The smallest absolute Gasteiger partial charge is 0.328 e. The molecule has 2 heterocycles. The number of hydrogen-bond donors (Lipinski definition) is 1. The van der Waals surface area contributed by atoms with Gasteiger partial charge in [0, 0.05) is 12.8 Å². The average molecular weight is 346 g/mol. The van der Waals surface area contributed by atoms with Crippen LogP contribution in [0, 0.1) is 33.1 Å². The quantitative estimate of drug-likeness (QED) is 0.674. The van der Waals surface area contributed by atoms with Crippen LogP contribution < -0.4 is 5.32 Å². The van der Waals surface area contributed by atoms with E-state index in [4.69, 9.17) is 10.00 Å². The van der Waals surface area contributed by atoms with E-state index in [-0.39, 0.29) is 11.4 Å². The highest BCUT2D eigenvalue weighted by atomic mass is 19.2. The number of hydrogen-bond acceptors (Lipinski definition) is 6. The first kappa shape index (κ1) is 16.7. The first-order chi connectivity index (χ1) is 12.0. The molecular weight excluding hydrogens is 334 g/mol. The minimum atomic E-state index is -0.998. The van der Waals surface area contributed by atoms with Gasteiger partial charge in [0.1, 0.15) is 17.7 Å². The maximum Gasteiger partial charge on any atom is 0.328 e. The molecule has 1 aromatic carbocycles. The molecule has 0 saturated carbocycles. The molecule has 1 aromatic heterocycles. The number of halogens is 2. The summed E-state index contributed by atoms with van der Waals surface area (Å²) in [6, 6.07) is 6.00. The summed E-state index contributed by atoms with van der Waals surface area (Å²) in [5.74, 6) is -2.03. The van der Waals surface area contributed by atoms with E-state index in [9.17, 15) is 18.9 Å². The topological polar surface area (TPSA) is 101 Å². The molecule has 2 aromatic rings. The molecule has 1 aliphatic heterocycles. The van der Waals surface area contributed by atoms with Gasteiger partial charge in [0.15, 0.2) is 11.6 Å². The van der Waals surface area contributed by atoms with E-state index in [1.54, 1.807) is 6.07 Å². The van der Waals surface area contributed by atoms with Gasteiger partial charge in [-0.05, 0) is 30.2 Å². The molecule has 25 heavy (non-hydrogen) atoms. The van der Waals surface area contributed by atoms with Crippen molar-refractivity contribution in [2.24, 2.45) is 0 Å². The van der Waals surface area contributed by atoms with Gasteiger partial charge in [-0.25, -0.2) is 13.8 Å². The number of benzene rings is 1. The second-order valence-corrected chi connectivity index (χ2v) is 5.43. The number of nitro groups is 1. The summed E-state index contributed by atoms with van der Waals surface area (Å²) in [5.41, 5.74) is -0.139. The van der Waals surface area contributed by atoms with Crippen LogP contribution in [0.5, 0.6) is 0 Å². The largest absolute Gasteiger partial charge is 0.371 e. The molecule has 1 aliphatic rings. The Kier molecular flexibility index (Phi) is 4.54. The first-order valence-corrected chi connectivity index (χ1v) is 7.38. The number of nitriles is 1. The standard InChI is InChI=1S/C16H12F2N4O3/c17-11-2-1-9(7-12(11)18)15-13(4-6-25-15)21-16-14(22(23)24)10(8-19)3-5-20-16/h1-3,5,7,13,15H,4,6H2,(H,20,21). The van der Waals surface area contributed by atoms with Crippen LogP contribution in [0.15, 0.2) is 30.5 Å². The summed E-state index contributed by atoms with van der Waals surface area (Å²) in [7, 11) is 0. The zero-order valence-electron chi connectivity index (χ0n) is 12.8. The van der Waals surface area contributed by atoms with Crippen LogP contribution in [-0.4, -0.2) is 22.6 Å². The number of nitrogens with zero attached hydrogens (tertiary/aromatic N) is 3. The Balaban J connectivity index is 1.91. The lowest BCUT2D eigenvalue weighted by Crippen LogP contribution is -2.24. The molecular formula is C16H12F2N4O3. The molecule has 0 spiro atoms. The summed E-state index contributed by atoms with van der Waals surface area (Å²) >= 11 is 0. The van der Waals surface area contributed by atoms with E-state index >= 15 is 0 Å². The van der Waals surface area contributed by atoms with Crippen molar-refractivity contribution in [1.82, 2.24) is 4.98 Å². The van der Waals surface area contributed by atoms with Gasteiger partial charge in [-0.15, -0.1) is 0 Å². The van der Waals surface area contributed by atoms with Crippen LogP contribution in [0.4, 0.5) is 20.3 Å². The van der Waals surface area contributed by atoms with Crippen molar-refractivity contribution in [3.63, 3.8) is 0 Å². The summed E-state index contributed by atoms with van der Waals surface area (Å²) in [6.07, 6.45) is 1.15. The van der Waals surface area contributed by atoms with Crippen molar-refractivity contribution in [3.8, 4) is 6.07 Å². The lowest BCUT2D eigenvalue weighted by molar-refractivity contribution is -0.384. The zero-order chi connectivity index (χ0) is 18.0. The van der Waals surface area contributed by atoms with E-state index < -0.39 is 34.4 Å². The molecule has 3 rings (SSSR count). The third-order valence-corrected chi connectivity index (χ3v) is 3.91. The van der Waals surface area contributed by atoms with Gasteiger partial charge in [0.05, 0.1) is 11.0 Å². The molecule has 1 fully saturated rings. The lowest BCUT2D eigenvalue weighted by atomic mass is 10.0. The van der Waals surface area contributed by atoms with Crippen LogP contribution in [0.25, 0.3) is 0 Å². The predicted octanol–water partition coefficient (Wildman–Crippen LogP) is 3.08. The van der Waals surface area contributed by atoms with E-state index in [1.807, 2.05) is 0 Å². The van der Waals surface area contributed by atoms with Gasteiger partial charge >= 0.3 is 5.69 Å². The second-order valence-electron chi connectivity index (χ2n) is 5.43. The van der Waals surface area contributed by atoms with Gasteiger partial charge in [-0.2, -0.15) is 5.26 Å². The summed E-state index contributed by atoms with van der Waals surface area (Å²) in [6.45, 7) is 0.340. The number of ether oxygens (including phenoxy) is 1. The summed E-state index contributed by atoms with van der Waals surface area (Å²) in [5, 5.41) is 23.2. The van der Waals surface area contributed by atoms with Gasteiger partial charge < -0.3 is 10.1 Å². The van der Waals surface area contributed by atoms with Crippen molar-refractivity contribution in [1.29, 1.82) is 5.26 Å². The molecule has 2 atom stereocenters. The fourth-order valence-electron chi connectivity index (χ4n) is 2.77. The highest BCUT2D eigenvalue weighted by Gasteiger charge is 2.33. The van der Waals surface area contributed by atoms with Crippen LogP contribution >= 0.6 is 0 Å². The van der Waals surface area contributed by atoms with Gasteiger partial charge in [-0.3, -0.25) is 10.1 Å². The Bertz CT molecular complexity index is 869. The number of anilines is 1. The molecule has 128 valence electrons. The Morgan fingerprint density at radius 1 is 1.36 bits per heavy atom. The molecule has 0 aliphatic carbocycles. The number of pyridine rings is 1. The van der Waals surface area contributed by atoms with Crippen molar-refractivity contribution in [3.05, 3.63) is 63.3 Å². The number of aromatic nitrogens is 1. The molecule has 0 bridgehead atoms. The highest BCUT2D eigenvalue weighted by Crippen LogP contribution is 2.34. The van der Waals surface area contributed by atoms with E-state index in [0.29, 0.717) is 18.6 Å². The number of rotatable bonds is 4. The first-order valence-electron chi connectivity index (χ1n) is 7.38.